The van der Waals surface area contributed by atoms with Gasteiger partial charge in [0.05, 0.1) is 20.1 Å². The zero-order chi connectivity index (χ0) is 21.0. The lowest BCUT2D eigenvalue weighted by Gasteiger charge is -2.42. The van der Waals surface area contributed by atoms with Crippen LogP contribution in [0.15, 0.2) is 18.2 Å². The van der Waals surface area contributed by atoms with Gasteiger partial charge >= 0.3 is 0 Å². The van der Waals surface area contributed by atoms with E-state index in [-0.39, 0.29) is 5.91 Å². The molecule has 4 rings (SSSR count). The molecule has 0 aromatic heterocycles. The van der Waals surface area contributed by atoms with Gasteiger partial charge in [0, 0.05) is 31.6 Å². The predicted molar refractivity (Wildman–Crippen MR) is 120 cm³/mol. The van der Waals surface area contributed by atoms with E-state index in [0.29, 0.717) is 19.3 Å². The number of benzene rings is 1. The molecule has 30 heavy (non-hydrogen) atoms. The Hall–Kier alpha value is -1.79. The van der Waals surface area contributed by atoms with Crippen LogP contribution in [0.5, 0.6) is 11.5 Å². The van der Waals surface area contributed by atoms with Gasteiger partial charge in [-0.1, -0.05) is 13.0 Å². The van der Waals surface area contributed by atoms with Gasteiger partial charge in [0.25, 0.3) is 0 Å². The first kappa shape index (κ1) is 21.4. The number of amides is 1. The number of quaternary nitrogens is 1. The molecule has 0 radical (unpaired) electrons. The summed E-state index contributed by atoms with van der Waals surface area (Å²) in [6.07, 6.45) is 7.70. The number of hydrogen-bond donors (Lipinski definition) is 1. The lowest BCUT2D eigenvalue weighted by Crippen LogP contribution is -2.58. The summed E-state index contributed by atoms with van der Waals surface area (Å²) in [6.45, 7) is 8.07. The number of para-hydroxylation sites is 1. The van der Waals surface area contributed by atoms with Gasteiger partial charge < -0.3 is 14.8 Å². The minimum Gasteiger partial charge on any atom is -0.453 e. The molecule has 1 aliphatic carbocycles. The average Bonchev–Trinajstić information content (AvgIpc) is 3.23. The van der Waals surface area contributed by atoms with Crippen LogP contribution < -0.4 is 19.3 Å². The van der Waals surface area contributed by atoms with Crippen molar-refractivity contribution in [3.63, 3.8) is 0 Å². The second-order valence-corrected chi connectivity index (χ2v) is 9.52. The number of rotatable bonds is 7. The topological polar surface area (TPSA) is 50.8 Å². The molecule has 1 saturated carbocycles. The molecule has 2 aliphatic heterocycles. The highest BCUT2D eigenvalue weighted by molar-refractivity contribution is 5.76. The first-order valence-electron chi connectivity index (χ1n) is 11.8. The van der Waals surface area contributed by atoms with Gasteiger partial charge in [0.2, 0.25) is 18.4 Å². The average molecular weight is 417 g/mol. The number of fused-ring (bicyclic) bond motifs is 1. The number of piperazine rings is 1. The van der Waals surface area contributed by atoms with E-state index in [0.717, 1.165) is 67.3 Å². The molecule has 0 unspecified atom stereocenters. The maximum absolute atomic E-state index is 11.8. The van der Waals surface area contributed by atoms with Crippen LogP contribution in [0.2, 0.25) is 0 Å². The van der Waals surface area contributed by atoms with E-state index in [4.69, 9.17) is 9.47 Å². The van der Waals surface area contributed by atoms with Gasteiger partial charge in [0.15, 0.2) is 11.4 Å². The maximum Gasteiger partial charge on any atom is 0.231 e. The van der Waals surface area contributed by atoms with Crippen molar-refractivity contribution in [1.82, 2.24) is 14.7 Å². The molecule has 166 valence electrons. The van der Waals surface area contributed by atoms with Crippen molar-refractivity contribution in [2.45, 2.75) is 57.9 Å². The van der Waals surface area contributed by atoms with Gasteiger partial charge in [-0.05, 0) is 57.1 Å². The highest BCUT2D eigenvalue weighted by Crippen LogP contribution is 2.43. The molecule has 1 amide bonds. The number of carbonyl (C=O) groups is 1. The Morgan fingerprint density at radius 3 is 2.67 bits per heavy atom. The number of carbonyl (C=O) groups excluding carboxylic acids is 1. The third-order valence-corrected chi connectivity index (χ3v) is 7.32. The molecule has 1 aromatic carbocycles. The monoisotopic (exact) mass is 416 g/mol. The van der Waals surface area contributed by atoms with Gasteiger partial charge in [-0.2, -0.15) is 0 Å². The summed E-state index contributed by atoms with van der Waals surface area (Å²) in [6, 6.07) is 6.69. The van der Waals surface area contributed by atoms with E-state index in [1.165, 1.54) is 31.5 Å². The Morgan fingerprint density at radius 2 is 1.93 bits per heavy atom. The van der Waals surface area contributed by atoms with E-state index >= 15 is 0 Å². The fourth-order valence-corrected chi connectivity index (χ4v) is 5.24. The first-order chi connectivity index (χ1) is 14.6. The van der Waals surface area contributed by atoms with Gasteiger partial charge in [-0.25, -0.2) is 0 Å². The first-order valence-corrected chi connectivity index (χ1v) is 11.8. The molecule has 1 aromatic rings. The summed E-state index contributed by atoms with van der Waals surface area (Å²) in [5.41, 5.74) is 1.26. The molecule has 6 nitrogen and oxygen atoms in total. The SMILES string of the molecule is CCCC(=O)NC1CCC(CCN2CC[N+](C)(c3cccc4c3OCO4)CC2)CC1. The van der Waals surface area contributed by atoms with Crippen LogP contribution in [0.3, 0.4) is 0 Å². The molecule has 1 N–H and O–H groups in total. The Morgan fingerprint density at radius 1 is 1.17 bits per heavy atom. The fourth-order valence-electron chi connectivity index (χ4n) is 5.24. The highest BCUT2D eigenvalue weighted by Gasteiger charge is 2.36. The number of hydrogen-bond acceptors (Lipinski definition) is 4. The summed E-state index contributed by atoms with van der Waals surface area (Å²) in [5, 5.41) is 3.22. The molecule has 2 heterocycles. The van der Waals surface area contributed by atoms with E-state index < -0.39 is 0 Å². The van der Waals surface area contributed by atoms with Crippen molar-refractivity contribution < 1.29 is 14.3 Å². The van der Waals surface area contributed by atoms with Crippen molar-refractivity contribution >= 4 is 11.6 Å². The Balaban J connectivity index is 1.20. The van der Waals surface area contributed by atoms with Crippen LogP contribution in [0.1, 0.15) is 51.9 Å². The van der Waals surface area contributed by atoms with Crippen molar-refractivity contribution in [3.8, 4) is 11.5 Å². The lowest BCUT2D eigenvalue weighted by molar-refractivity contribution is -0.122. The van der Waals surface area contributed by atoms with Crippen LogP contribution in [0, 0.1) is 5.92 Å². The van der Waals surface area contributed by atoms with Crippen molar-refractivity contribution in [3.05, 3.63) is 18.2 Å². The van der Waals surface area contributed by atoms with Crippen LogP contribution in [-0.2, 0) is 4.79 Å². The second kappa shape index (κ2) is 9.56. The highest BCUT2D eigenvalue weighted by atomic mass is 16.7. The molecule has 1 saturated heterocycles. The standard InChI is InChI=1S/C24H37N3O3/c1-3-5-23(28)25-20-10-8-19(9-11-20)12-13-26-14-16-27(2,17-15-26)21-6-4-7-22-24(21)30-18-29-22/h4,6-7,19-20H,3,5,8-18H2,1-2H3/p+1. The summed E-state index contributed by atoms with van der Waals surface area (Å²) in [7, 11) is 2.32. The van der Waals surface area contributed by atoms with Crippen LogP contribution >= 0.6 is 0 Å². The van der Waals surface area contributed by atoms with E-state index in [1.807, 2.05) is 6.07 Å². The normalized spacial score (nSPS) is 25.8. The van der Waals surface area contributed by atoms with E-state index in [9.17, 15) is 4.79 Å². The molecule has 3 aliphatic rings. The van der Waals surface area contributed by atoms with Crippen molar-refractivity contribution in [1.29, 1.82) is 0 Å². The van der Waals surface area contributed by atoms with Crippen molar-refractivity contribution in [2.75, 3.05) is 46.6 Å². The predicted octanol–water partition coefficient (Wildman–Crippen LogP) is 3.53. The third-order valence-electron chi connectivity index (χ3n) is 7.32. The number of ether oxygens (including phenoxy) is 2. The molecular formula is C24H38N3O3+. The fraction of sp³-hybridized carbons (Fsp3) is 0.708. The van der Waals surface area contributed by atoms with Gasteiger partial charge in [-0.3, -0.25) is 14.2 Å². The zero-order valence-electron chi connectivity index (χ0n) is 18.7. The number of nitrogens with zero attached hydrogens (tertiary/aromatic N) is 2. The Labute approximate surface area is 181 Å². The molecule has 0 spiro atoms. The molecule has 0 atom stereocenters. The molecule has 6 heteroatoms. The molecule has 0 bridgehead atoms. The summed E-state index contributed by atoms with van der Waals surface area (Å²) >= 11 is 0. The summed E-state index contributed by atoms with van der Waals surface area (Å²) in [4.78, 5) is 14.4. The van der Waals surface area contributed by atoms with Crippen LogP contribution in [-0.4, -0.2) is 63.4 Å². The lowest BCUT2D eigenvalue weighted by atomic mass is 9.84. The Kier molecular flexibility index (Phi) is 6.84. The second-order valence-electron chi connectivity index (χ2n) is 9.52. The van der Waals surface area contributed by atoms with Gasteiger partial charge in [-0.15, -0.1) is 0 Å². The smallest absolute Gasteiger partial charge is 0.231 e. The van der Waals surface area contributed by atoms with Crippen molar-refractivity contribution in [2.24, 2.45) is 5.92 Å². The zero-order valence-corrected chi connectivity index (χ0v) is 18.7. The molecule has 2 fully saturated rings. The maximum atomic E-state index is 11.8. The molecular weight excluding hydrogens is 378 g/mol. The van der Waals surface area contributed by atoms with E-state index in [2.05, 4.69) is 36.3 Å². The quantitative estimate of drug-likeness (QED) is 0.691. The number of nitrogens with one attached hydrogen (secondary N) is 1. The van der Waals surface area contributed by atoms with E-state index in [1.54, 1.807) is 0 Å². The minimum atomic E-state index is 0.233. The minimum absolute atomic E-state index is 0.233. The number of likely N-dealkylation sites (N-methyl/N-ethyl adjacent to an activating group) is 1. The third kappa shape index (κ3) is 4.92. The largest absolute Gasteiger partial charge is 0.453 e. The summed E-state index contributed by atoms with van der Waals surface area (Å²) < 4.78 is 12.3. The van der Waals surface area contributed by atoms with Crippen LogP contribution in [0.25, 0.3) is 0 Å². The van der Waals surface area contributed by atoms with Gasteiger partial charge in [0.1, 0.15) is 0 Å². The summed E-state index contributed by atoms with van der Waals surface area (Å²) in [5.74, 6) is 2.87. The Bertz CT molecular complexity index is 722. The van der Waals surface area contributed by atoms with Crippen LogP contribution in [0.4, 0.5) is 5.69 Å².